The van der Waals surface area contributed by atoms with Gasteiger partial charge in [-0.25, -0.2) is 4.79 Å². The fourth-order valence-corrected chi connectivity index (χ4v) is 2.90. The quantitative estimate of drug-likeness (QED) is 0.837. The zero-order valence-corrected chi connectivity index (χ0v) is 11.3. The highest BCUT2D eigenvalue weighted by molar-refractivity contribution is 6.19. The van der Waals surface area contributed by atoms with Crippen LogP contribution in [0.3, 0.4) is 0 Å². The van der Waals surface area contributed by atoms with E-state index in [1.54, 1.807) is 6.92 Å². The van der Waals surface area contributed by atoms with E-state index in [0.29, 0.717) is 12.8 Å². The van der Waals surface area contributed by atoms with Gasteiger partial charge < -0.3 is 0 Å². The highest BCUT2D eigenvalue weighted by atomic mass is 16.2. The van der Waals surface area contributed by atoms with Gasteiger partial charge in [0.1, 0.15) is 5.41 Å². The molecule has 1 saturated heterocycles. The second-order valence-electron chi connectivity index (χ2n) is 5.46. The van der Waals surface area contributed by atoms with Crippen molar-refractivity contribution in [2.75, 3.05) is 0 Å². The molecule has 0 radical (unpaired) electrons. The van der Waals surface area contributed by atoms with Gasteiger partial charge in [-0.05, 0) is 25.3 Å². The molecule has 3 rings (SSSR count). The standard InChI is InChI=1S/C15H16N2O3/c1-10(11-6-3-2-4-7-11)17-13(19)15(8-5-9-15)12(18)16-14(17)20/h2-4,6-7,10H,5,8-9H2,1H3,(H,16,18,20). The van der Waals surface area contributed by atoms with Gasteiger partial charge in [-0.15, -0.1) is 0 Å². The van der Waals surface area contributed by atoms with Gasteiger partial charge in [0.2, 0.25) is 11.8 Å². The number of carbonyl (C=O) groups excluding carboxylic acids is 3. The summed E-state index contributed by atoms with van der Waals surface area (Å²) in [5.74, 6) is -0.788. The number of nitrogens with zero attached hydrogens (tertiary/aromatic N) is 1. The van der Waals surface area contributed by atoms with Crippen molar-refractivity contribution in [1.82, 2.24) is 10.2 Å². The van der Waals surface area contributed by atoms with Crippen molar-refractivity contribution in [3.8, 4) is 0 Å². The lowest BCUT2D eigenvalue weighted by molar-refractivity contribution is -0.159. The van der Waals surface area contributed by atoms with Crippen LogP contribution in [0, 0.1) is 5.41 Å². The van der Waals surface area contributed by atoms with E-state index in [0.717, 1.165) is 12.0 Å². The summed E-state index contributed by atoms with van der Waals surface area (Å²) >= 11 is 0. The van der Waals surface area contributed by atoms with Gasteiger partial charge in [0.15, 0.2) is 0 Å². The summed E-state index contributed by atoms with van der Waals surface area (Å²) in [6.45, 7) is 1.80. The third-order valence-corrected chi connectivity index (χ3v) is 4.38. The molecule has 1 saturated carbocycles. The first-order valence-corrected chi connectivity index (χ1v) is 6.80. The summed E-state index contributed by atoms with van der Waals surface area (Å²) in [7, 11) is 0. The summed E-state index contributed by atoms with van der Waals surface area (Å²) in [5.41, 5.74) is -0.128. The molecule has 1 atom stereocenters. The van der Waals surface area contributed by atoms with Crippen LogP contribution in [-0.4, -0.2) is 22.7 Å². The number of hydrogen-bond acceptors (Lipinski definition) is 3. The molecule has 1 aliphatic heterocycles. The Morgan fingerprint density at radius 2 is 1.80 bits per heavy atom. The van der Waals surface area contributed by atoms with Gasteiger partial charge in [0.05, 0.1) is 6.04 Å². The van der Waals surface area contributed by atoms with Crippen molar-refractivity contribution in [2.45, 2.75) is 32.2 Å². The molecular weight excluding hydrogens is 256 g/mol. The monoisotopic (exact) mass is 272 g/mol. The highest BCUT2D eigenvalue weighted by Crippen LogP contribution is 2.45. The Morgan fingerprint density at radius 3 is 2.35 bits per heavy atom. The van der Waals surface area contributed by atoms with E-state index in [1.165, 1.54) is 4.90 Å². The molecule has 1 N–H and O–H groups in total. The Balaban J connectivity index is 1.94. The molecule has 1 aromatic carbocycles. The first-order chi connectivity index (χ1) is 9.56. The number of carbonyl (C=O) groups is 3. The van der Waals surface area contributed by atoms with Crippen molar-refractivity contribution in [3.63, 3.8) is 0 Å². The van der Waals surface area contributed by atoms with Gasteiger partial charge >= 0.3 is 6.03 Å². The van der Waals surface area contributed by atoms with E-state index in [2.05, 4.69) is 5.32 Å². The summed E-state index contributed by atoms with van der Waals surface area (Å²) in [6, 6.07) is 8.35. The largest absolute Gasteiger partial charge is 0.331 e. The maximum atomic E-state index is 12.6. The second kappa shape index (κ2) is 4.44. The fourth-order valence-electron chi connectivity index (χ4n) is 2.90. The van der Waals surface area contributed by atoms with Crippen LogP contribution in [0.15, 0.2) is 30.3 Å². The smallest absolute Gasteiger partial charge is 0.277 e. The summed E-state index contributed by atoms with van der Waals surface area (Å²) in [6.07, 6.45) is 1.91. The number of nitrogens with one attached hydrogen (secondary N) is 1. The van der Waals surface area contributed by atoms with E-state index in [9.17, 15) is 14.4 Å². The predicted octanol–water partition coefficient (Wildman–Crippen LogP) is 2.00. The Bertz CT molecular complexity index is 578. The zero-order chi connectivity index (χ0) is 14.3. The molecule has 1 aliphatic carbocycles. The average molecular weight is 272 g/mol. The van der Waals surface area contributed by atoms with Crippen molar-refractivity contribution in [2.24, 2.45) is 5.41 Å². The minimum absolute atomic E-state index is 0.353. The Labute approximate surface area is 116 Å². The molecule has 104 valence electrons. The van der Waals surface area contributed by atoms with Crippen LogP contribution in [0.2, 0.25) is 0 Å². The van der Waals surface area contributed by atoms with Crippen molar-refractivity contribution >= 4 is 17.8 Å². The highest BCUT2D eigenvalue weighted by Gasteiger charge is 2.58. The Morgan fingerprint density at radius 1 is 1.15 bits per heavy atom. The van der Waals surface area contributed by atoms with Gasteiger partial charge in [-0.2, -0.15) is 0 Å². The van der Waals surface area contributed by atoms with Crippen molar-refractivity contribution < 1.29 is 14.4 Å². The molecule has 4 amide bonds. The topological polar surface area (TPSA) is 66.5 Å². The van der Waals surface area contributed by atoms with Crippen LogP contribution < -0.4 is 5.32 Å². The third-order valence-electron chi connectivity index (χ3n) is 4.38. The molecule has 2 fully saturated rings. The average Bonchev–Trinajstić information content (AvgIpc) is 2.37. The predicted molar refractivity (Wildman–Crippen MR) is 71.5 cm³/mol. The first-order valence-electron chi connectivity index (χ1n) is 6.80. The molecular formula is C15H16N2O3. The molecule has 20 heavy (non-hydrogen) atoms. The van der Waals surface area contributed by atoms with Gasteiger partial charge in [-0.1, -0.05) is 36.8 Å². The number of rotatable bonds is 2. The van der Waals surface area contributed by atoms with Crippen LogP contribution in [-0.2, 0) is 9.59 Å². The fraction of sp³-hybridized carbons (Fsp3) is 0.400. The molecule has 1 heterocycles. The van der Waals surface area contributed by atoms with Crippen molar-refractivity contribution in [1.29, 1.82) is 0 Å². The van der Waals surface area contributed by atoms with E-state index in [-0.39, 0.29) is 11.9 Å². The molecule has 1 unspecified atom stereocenters. The number of hydrogen-bond donors (Lipinski definition) is 1. The molecule has 5 nitrogen and oxygen atoms in total. The Kier molecular flexibility index (Phi) is 2.85. The minimum Gasteiger partial charge on any atom is -0.277 e. The lowest BCUT2D eigenvalue weighted by Gasteiger charge is -2.46. The maximum absolute atomic E-state index is 12.6. The van der Waals surface area contributed by atoms with Crippen LogP contribution in [0.4, 0.5) is 4.79 Å². The van der Waals surface area contributed by atoms with Crippen LogP contribution in [0.5, 0.6) is 0 Å². The molecule has 1 aromatic rings. The van der Waals surface area contributed by atoms with Crippen molar-refractivity contribution in [3.05, 3.63) is 35.9 Å². The normalized spacial score (nSPS) is 22.4. The van der Waals surface area contributed by atoms with E-state index >= 15 is 0 Å². The van der Waals surface area contributed by atoms with E-state index in [4.69, 9.17) is 0 Å². The first kappa shape index (κ1) is 12.8. The Hall–Kier alpha value is -2.17. The SMILES string of the molecule is CC(c1ccccc1)N1C(=O)NC(=O)C2(CCC2)C1=O. The van der Waals surface area contributed by atoms with Gasteiger partial charge in [-0.3, -0.25) is 19.8 Å². The second-order valence-corrected chi connectivity index (χ2v) is 5.46. The molecule has 0 aromatic heterocycles. The number of amides is 4. The van der Waals surface area contributed by atoms with Gasteiger partial charge in [0.25, 0.3) is 0 Å². The van der Waals surface area contributed by atoms with E-state index in [1.807, 2.05) is 30.3 Å². The number of benzene rings is 1. The van der Waals surface area contributed by atoms with E-state index < -0.39 is 17.4 Å². The molecule has 5 heteroatoms. The lowest BCUT2D eigenvalue weighted by Crippen LogP contribution is -2.66. The molecule has 0 bridgehead atoms. The number of barbiturate groups is 1. The third kappa shape index (κ3) is 1.66. The number of imide groups is 2. The maximum Gasteiger partial charge on any atom is 0.331 e. The van der Waals surface area contributed by atoms with Gasteiger partial charge in [0, 0.05) is 0 Å². The zero-order valence-electron chi connectivity index (χ0n) is 11.3. The minimum atomic E-state index is -1.00. The van der Waals surface area contributed by atoms with Crippen LogP contribution in [0.25, 0.3) is 0 Å². The van der Waals surface area contributed by atoms with Crippen LogP contribution >= 0.6 is 0 Å². The number of urea groups is 1. The molecule has 2 aliphatic rings. The summed E-state index contributed by atoms with van der Waals surface area (Å²) in [4.78, 5) is 37.8. The van der Waals surface area contributed by atoms with Crippen LogP contribution in [0.1, 0.15) is 37.8 Å². The lowest BCUT2D eigenvalue weighted by atomic mass is 9.66. The summed E-state index contributed by atoms with van der Waals surface area (Å²) < 4.78 is 0. The summed E-state index contributed by atoms with van der Waals surface area (Å²) in [5, 5.41) is 2.33. The molecule has 1 spiro atoms.